The van der Waals surface area contributed by atoms with Crippen LogP contribution < -0.4 is 5.32 Å². The van der Waals surface area contributed by atoms with Gasteiger partial charge in [-0.05, 0) is 34.1 Å². The SMILES string of the molecule is CC(C)N1CC(C)(C)NC(CCO)C1=O. The maximum absolute atomic E-state index is 12.0. The van der Waals surface area contributed by atoms with E-state index in [2.05, 4.69) is 19.2 Å². The Labute approximate surface area is 91.6 Å². The summed E-state index contributed by atoms with van der Waals surface area (Å²) in [6, 6.07) is -0.0128. The molecular formula is C11H22N2O2. The van der Waals surface area contributed by atoms with E-state index < -0.39 is 0 Å². The highest BCUT2D eigenvalue weighted by molar-refractivity contribution is 5.83. The van der Waals surface area contributed by atoms with Crippen molar-refractivity contribution in [3.8, 4) is 0 Å². The lowest BCUT2D eigenvalue weighted by molar-refractivity contribution is -0.141. The van der Waals surface area contributed by atoms with Crippen LogP contribution in [0.2, 0.25) is 0 Å². The molecule has 4 nitrogen and oxygen atoms in total. The first-order chi connectivity index (χ1) is 6.87. The van der Waals surface area contributed by atoms with E-state index in [0.717, 1.165) is 6.54 Å². The quantitative estimate of drug-likeness (QED) is 0.713. The summed E-state index contributed by atoms with van der Waals surface area (Å²) in [5, 5.41) is 12.2. The summed E-state index contributed by atoms with van der Waals surface area (Å²) in [5.74, 6) is 0.110. The Morgan fingerprint density at radius 2 is 2.20 bits per heavy atom. The topological polar surface area (TPSA) is 52.6 Å². The maximum Gasteiger partial charge on any atom is 0.240 e. The van der Waals surface area contributed by atoms with Gasteiger partial charge in [-0.3, -0.25) is 10.1 Å². The summed E-state index contributed by atoms with van der Waals surface area (Å²) in [6.45, 7) is 8.99. The van der Waals surface area contributed by atoms with E-state index >= 15 is 0 Å². The number of hydrogen-bond acceptors (Lipinski definition) is 3. The van der Waals surface area contributed by atoms with Gasteiger partial charge in [0.05, 0.1) is 6.04 Å². The van der Waals surface area contributed by atoms with Crippen molar-refractivity contribution < 1.29 is 9.90 Å². The largest absolute Gasteiger partial charge is 0.396 e. The molecule has 0 aromatic rings. The summed E-state index contributed by atoms with van der Waals surface area (Å²) in [4.78, 5) is 13.9. The average Bonchev–Trinajstić information content (AvgIpc) is 2.10. The smallest absolute Gasteiger partial charge is 0.240 e. The number of nitrogens with one attached hydrogen (secondary N) is 1. The highest BCUT2D eigenvalue weighted by Gasteiger charge is 2.38. The normalized spacial score (nSPS) is 26.1. The number of aliphatic hydroxyl groups is 1. The number of nitrogens with zero attached hydrogens (tertiary/aromatic N) is 1. The molecule has 88 valence electrons. The van der Waals surface area contributed by atoms with Crippen molar-refractivity contribution >= 4 is 5.91 Å². The standard InChI is InChI=1S/C11H22N2O2/c1-8(2)13-7-11(3,4)12-9(5-6-14)10(13)15/h8-9,12,14H,5-7H2,1-4H3. The molecule has 1 unspecified atom stereocenters. The van der Waals surface area contributed by atoms with Crippen LogP contribution in [0.15, 0.2) is 0 Å². The van der Waals surface area contributed by atoms with Gasteiger partial charge in [0.15, 0.2) is 0 Å². The van der Waals surface area contributed by atoms with Gasteiger partial charge >= 0.3 is 0 Å². The van der Waals surface area contributed by atoms with Crippen molar-refractivity contribution in [1.82, 2.24) is 10.2 Å². The molecule has 2 N–H and O–H groups in total. The van der Waals surface area contributed by atoms with Crippen molar-refractivity contribution in [1.29, 1.82) is 0 Å². The van der Waals surface area contributed by atoms with E-state index in [4.69, 9.17) is 5.11 Å². The molecule has 4 heteroatoms. The zero-order chi connectivity index (χ0) is 11.6. The fourth-order valence-corrected chi connectivity index (χ4v) is 2.04. The second kappa shape index (κ2) is 4.49. The van der Waals surface area contributed by atoms with Crippen LogP contribution >= 0.6 is 0 Å². The second-order valence-electron chi connectivity index (χ2n) is 5.15. The molecule has 0 aromatic heterocycles. The molecule has 0 radical (unpaired) electrons. The van der Waals surface area contributed by atoms with Gasteiger partial charge in [0, 0.05) is 24.7 Å². The Morgan fingerprint density at radius 3 is 2.67 bits per heavy atom. The predicted molar refractivity (Wildman–Crippen MR) is 59.6 cm³/mol. The van der Waals surface area contributed by atoms with E-state index in [-0.39, 0.29) is 30.1 Å². The van der Waals surface area contributed by atoms with E-state index in [1.54, 1.807) is 0 Å². The lowest BCUT2D eigenvalue weighted by Crippen LogP contribution is -2.66. The minimum atomic E-state index is -0.235. The second-order valence-corrected chi connectivity index (χ2v) is 5.15. The lowest BCUT2D eigenvalue weighted by atomic mass is 9.95. The molecule has 1 amide bonds. The van der Waals surface area contributed by atoms with Crippen LogP contribution in [0.1, 0.15) is 34.1 Å². The molecule has 1 aliphatic rings. The first kappa shape index (κ1) is 12.5. The van der Waals surface area contributed by atoms with Crippen LogP contribution in [-0.2, 0) is 4.79 Å². The van der Waals surface area contributed by atoms with Crippen LogP contribution in [-0.4, -0.2) is 46.7 Å². The van der Waals surface area contributed by atoms with Crippen LogP contribution in [0.5, 0.6) is 0 Å². The fourth-order valence-electron chi connectivity index (χ4n) is 2.04. The third-order valence-electron chi connectivity index (χ3n) is 2.75. The summed E-state index contributed by atoms with van der Waals surface area (Å²) in [6.07, 6.45) is 0.492. The molecular weight excluding hydrogens is 192 g/mol. The van der Waals surface area contributed by atoms with Gasteiger partial charge in [0.1, 0.15) is 0 Å². The Bertz CT molecular complexity index is 239. The molecule has 1 rings (SSSR count). The van der Waals surface area contributed by atoms with Gasteiger partial charge in [-0.15, -0.1) is 0 Å². The van der Waals surface area contributed by atoms with Crippen LogP contribution in [0.4, 0.5) is 0 Å². The number of amides is 1. The number of carbonyl (C=O) groups is 1. The van der Waals surface area contributed by atoms with Gasteiger partial charge in [-0.2, -0.15) is 0 Å². The monoisotopic (exact) mass is 214 g/mol. The van der Waals surface area contributed by atoms with Gasteiger partial charge in [0.25, 0.3) is 0 Å². The molecule has 0 spiro atoms. The number of aliphatic hydroxyl groups excluding tert-OH is 1. The highest BCUT2D eigenvalue weighted by Crippen LogP contribution is 2.18. The molecule has 0 aliphatic carbocycles. The molecule has 1 saturated heterocycles. The van der Waals surface area contributed by atoms with Crippen molar-refractivity contribution in [2.45, 2.75) is 51.7 Å². The number of hydrogen-bond donors (Lipinski definition) is 2. The van der Waals surface area contributed by atoms with Crippen molar-refractivity contribution in [2.24, 2.45) is 0 Å². The van der Waals surface area contributed by atoms with Crippen molar-refractivity contribution in [2.75, 3.05) is 13.2 Å². The van der Waals surface area contributed by atoms with E-state index in [0.29, 0.717) is 6.42 Å². The number of carbonyl (C=O) groups excluding carboxylic acids is 1. The number of rotatable bonds is 3. The van der Waals surface area contributed by atoms with Crippen molar-refractivity contribution in [3.63, 3.8) is 0 Å². The summed E-state index contributed by atoms with van der Waals surface area (Å²) in [7, 11) is 0. The number of piperazine rings is 1. The minimum Gasteiger partial charge on any atom is -0.396 e. The zero-order valence-electron chi connectivity index (χ0n) is 10.1. The van der Waals surface area contributed by atoms with E-state index in [1.165, 1.54) is 0 Å². The molecule has 0 aromatic carbocycles. The Kier molecular flexibility index (Phi) is 3.73. The molecule has 1 fully saturated rings. The first-order valence-electron chi connectivity index (χ1n) is 5.56. The third-order valence-corrected chi connectivity index (χ3v) is 2.75. The summed E-state index contributed by atoms with van der Waals surface area (Å²) < 4.78 is 0. The van der Waals surface area contributed by atoms with Gasteiger partial charge in [-0.1, -0.05) is 0 Å². The molecule has 1 heterocycles. The highest BCUT2D eigenvalue weighted by atomic mass is 16.3. The Morgan fingerprint density at radius 1 is 1.60 bits per heavy atom. The Hall–Kier alpha value is -0.610. The molecule has 0 bridgehead atoms. The average molecular weight is 214 g/mol. The van der Waals surface area contributed by atoms with E-state index in [1.807, 2.05) is 18.7 Å². The van der Waals surface area contributed by atoms with Crippen LogP contribution in [0.25, 0.3) is 0 Å². The third kappa shape index (κ3) is 2.92. The van der Waals surface area contributed by atoms with Gasteiger partial charge < -0.3 is 10.0 Å². The van der Waals surface area contributed by atoms with Crippen LogP contribution in [0, 0.1) is 0 Å². The van der Waals surface area contributed by atoms with Crippen molar-refractivity contribution in [3.05, 3.63) is 0 Å². The van der Waals surface area contributed by atoms with Gasteiger partial charge in [0.2, 0.25) is 5.91 Å². The summed E-state index contributed by atoms with van der Waals surface area (Å²) in [5.41, 5.74) is -0.0714. The molecule has 0 saturated carbocycles. The zero-order valence-corrected chi connectivity index (χ0v) is 10.1. The predicted octanol–water partition coefficient (Wildman–Crippen LogP) is 0.356. The molecule has 15 heavy (non-hydrogen) atoms. The van der Waals surface area contributed by atoms with E-state index in [9.17, 15) is 4.79 Å². The molecule has 1 aliphatic heterocycles. The fraction of sp³-hybridized carbons (Fsp3) is 0.909. The first-order valence-corrected chi connectivity index (χ1v) is 5.56. The van der Waals surface area contributed by atoms with Gasteiger partial charge in [-0.25, -0.2) is 0 Å². The Balaban J connectivity index is 2.79. The van der Waals surface area contributed by atoms with Crippen LogP contribution in [0.3, 0.4) is 0 Å². The lowest BCUT2D eigenvalue weighted by Gasteiger charge is -2.45. The molecule has 1 atom stereocenters. The minimum absolute atomic E-state index is 0.0470. The maximum atomic E-state index is 12.0. The summed E-state index contributed by atoms with van der Waals surface area (Å²) >= 11 is 0.